The van der Waals surface area contributed by atoms with Gasteiger partial charge in [-0.2, -0.15) is 0 Å². The zero-order chi connectivity index (χ0) is 6.69. The van der Waals surface area contributed by atoms with Crippen LogP contribution < -0.4 is 5.32 Å². The molecule has 0 aromatic heterocycles. The van der Waals surface area contributed by atoms with Crippen LogP contribution in [0.25, 0.3) is 0 Å². The third-order valence-corrected chi connectivity index (χ3v) is 1.32. The van der Waals surface area contributed by atoms with Crippen molar-refractivity contribution >= 4 is 5.97 Å². The average Bonchev–Trinajstić information content (AvgIpc) is 1.90. The maximum Gasteiger partial charge on any atom is 0.321 e. The normalized spacial score (nSPS) is 26.0. The molecule has 2 N–H and O–H groups in total. The summed E-state index contributed by atoms with van der Waals surface area (Å²) in [6, 6.07) is -0.366. The zero-order valence-electron chi connectivity index (χ0n) is 5.00. The van der Waals surface area contributed by atoms with Crippen LogP contribution in [0.2, 0.25) is 0 Å². The second-order valence-electron chi connectivity index (χ2n) is 2.01. The minimum absolute atomic E-state index is 0.366. The molecule has 50 valence electrons. The van der Waals surface area contributed by atoms with Gasteiger partial charge in [0.2, 0.25) is 0 Å². The molecule has 0 aliphatic carbocycles. The van der Waals surface area contributed by atoms with Crippen LogP contribution in [0.4, 0.5) is 0 Å². The summed E-state index contributed by atoms with van der Waals surface area (Å²) in [5.74, 6) is -0.764. The van der Waals surface area contributed by atoms with Gasteiger partial charge in [0.1, 0.15) is 6.04 Å². The second kappa shape index (κ2) is 2.64. The zero-order valence-corrected chi connectivity index (χ0v) is 5.00. The van der Waals surface area contributed by atoms with Crippen molar-refractivity contribution < 1.29 is 9.90 Å². The highest BCUT2D eigenvalue weighted by atomic mass is 16.4. The van der Waals surface area contributed by atoms with Crippen molar-refractivity contribution in [2.24, 2.45) is 0 Å². The van der Waals surface area contributed by atoms with E-state index >= 15 is 0 Å². The molecule has 0 fully saturated rings. The Balaban J connectivity index is 2.44. The molecule has 1 heterocycles. The lowest BCUT2D eigenvalue weighted by Gasteiger charge is -2.13. The number of aliphatic carboxylic acids is 1. The van der Waals surface area contributed by atoms with E-state index in [1.807, 2.05) is 12.2 Å². The summed E-state index contributed by atoms with van der Waals surface area (Å²) in [5.41, 5.74) is 0. The maximum absolute atomic E-state index is 10.3. The van der Waals surface area contributed by atoms with Crippen LogP contribution in [0.5, 0.6) is 0 Å². The van der Waals surface area contributed by atoms with Crippen LogP contribution in [0.1, 0.15) is 6.42 Å². The fraction of sp³-hybridized carbons (Fsp3) is 0.500. The Morgan fingerprint density at radius 1 is 1.67 bits per heavy atom. The molecular formula is C6H9NO2. The van der Waals surface area contributed by atoms with Gasteiger partial charge in [-0.1, -0.05) is 12.2 Å². The van der Waals surface area contributed by atoms with E-state index in [0.717, 1.165) is 0 Å². The van der Waals surface area contributed by atoms with Gasteiger partial charge in [0, 0.05) is 6.54 Å². The van der Waals surface area contributed by atoms with Crippen molar-refractivity contribution in [3.05, 3.63) is 12.2 Å². The van der Waals surface area contributed by atoms with E-state index in [4.69, 9.17) is 5.11 Å². The van der Waals surface area contributed by atoms with Crippen LogP contribution >= 0.6 is 0 Å². The van der Waals surface area contributed by atoms with E-state index < -0.39 is 5.97 Å². The molecule has 1 rings (SSSR count). The first-order valence-corrected chi connectivity index (χ1v) is 2.92. The molecule has 3 nitrogen and oxygen atoms in total. The SMILES string of the molecule is O=C(O)[C@H]1CC=CCN1. The number of carbonyl (C=O) groups is 1. The minimum Gasteiger partial charge on any atom is -0.480 e. The maximum atomic E-state index is 10.3. The highest BCUT2D eigenvalue weighted by molar-refractivity contribution is 5.73. The van der Waals surface area contributed by atoms with Gasteiger partial charge in [0.25, 0.3) is 0 Å². The van der Waals surface area contributed by atoms with E-state index in [2.05, 4.69) is 5.32 Å². The number of nitrogens with one attached hydrogen (secondary N) is 1. The quantitative estimate of drug-likeness (QED) is 0.487. The lowest BCUT2D eigenvalue weighted by atomic mass is 10.1. The number of hydrogen-bond donors (Lipinski definition) is 2. The van der Waals surface area contributed by atoms with Gasteiger partial charge in [-0.05, 0) is 6.42 Å². The van der Waals surface area contributed by atoms with Crippen LogP contribution in [-0.4, -0.2) is 23.7 Å². The van der Waals surface area contributed by atoms with E-state index in [-0.39, 0.29) is 6.04 Å². The molecule has 1 aliphatic rings. The fourth-order valence-electron chi connectivity index (χ4n) is 0.797. The third-order valence-electron chi connectivity index (χ3n) is 1.32. The summed E-state index contributed by atoms with van der Waals surface area (Å²) in [5, 5.41) is 11.3. The Labute approximate surface area is 53.4 Å². The Morgan fingerprint density at radius 2 is 2.44 bits per heavy atom. The molecule has 0 bridgehead atoms. The highest BCUT2D eigenvalue weighted by Crippen LogP contribution is 1.97. The summed E-state index contributed by atoms with van der Waals surface area (Å²) < 4.78 is 0. The predicted molar refractivity (Wildman–Crippen MR) is 33.2 cm³/mol. The predicted octanol–water partition coefficient (Wildman–Crippen LogP) is -0.0109. The van der Waals surface area contributed by atoms with Gasteiger partial charge in [0.15, 0.2) is 0 Å². The Bertz CT molecular complexity index is 142. The standard InChI is InChI=1S/C6H9NO2/c8-6(9)5-3-1-2-4-7-5/h1-2,5,7H,3-4H2,(H,8,9)/t5-/m1/s1. The Morgan fingerprint density at radius 3 is 2.78 bits per heavy atom. The van der Waals surface area contributed by atoms with Crippen molar-refractivity contribution in [1.29, 1.82) is 0 Å². The molecule has 0 unspecified atom stereocenters. The molecule has 0 amide bonds. The largest absolute Gasteiger partial charge is 0.480 e. The molecule has 0 radical (unpaired) electrons. The van der Waals surface area contributed by atoms with Gasteiger partial charge in [-0.25, -0.2) is 0 Å². The lowest BCUT2D eigenvalue weighted by Crippen LogP contribution is -2.38. The molecule has 0 saturated carbocycles. The van der Waals surface area contributed by atoms with E-state index in [1.54, 1.807) is 0 Å². The van der Waals surface area contributed by atoms with Crippen LogP contribution in [0.15, 0.2) is 12.2 Å². The van der Waals surface area contributed by atoms with Crippen molar-refractivity contribution in [3.8, 4) is 0 Å². The fourth-order valence-corrected chi connectivity index (χ4v) is 0.797. The molecule has 0 spiro atoms. The summed E-state index contributed by atoms with van der Waals surface area (Å²) in [4.78, 5) is 10.3. The topological polar surface area (TPSA) is 49.3 Å². The summed E-state index contributed by atoms with van der Waals surface area (Å²) in [6.07, 6.45) is 4.42. The summed E-state index contributed by atoms with van der Waals surface area (Å²) in [7, 11) is 0. The van der Waals surface area contributed by atoms with Crippen molar-refractivity contribution in [1.82, 2.24) is 5.32 Å². The first-order valence-electron chi connectivity index (χ1n) is 2.92. The van der Waals surface area contributed by atoms with Crippen LogP contribution in [0.3, 0.4) is 0 Å². The highest BCUT2D eigenvalue weighted by Gasteiger charge is 2.15. The molecular weight excluding hydrogens is 118 g/mol. The summed E-state index contributed by atoms with van der Waals surface area (Å²) in [6.45, 7) is 0.678. The van der Waals surface area contributed by atoms with Crippen LogP contribution in [-0.2, 0) is 4.79 Å². The molecule has 0 saturated heterocycles. The van der Waals surface area contributed by atoms with Gasteiger partial charge >= 0.3 is 5.97 Å². The van der Waals surface area contributed by atoms with Crippen molar-refractivity contribution in [2.45, 2.75) is 12.5 Å². The van der Waals surface area contributed by atoms with E-state index in [1.165, 1.54) is 0 Å². The van der Waals surface area contributed by atoms with E-state index in [0.29, 0.717) is 13.0 Å². The van der Waals surface area contributed by atoms with Crippen molar-refractivity contribution in [2.75, 3.05) is 6.54 Å². The molecule has 1 aliphatic heterocycles. The van der Waals surface area contributed by atoms with Gasteiger partial charge in [0.05, 0.1) is 0 Å². The molecule has 1 atom stereocenters. The number of hydrogen-bond acceptors (Lipinski definition) is 2. The molecule has 0 aromatic rings. The lowest BCUT2D eigenvalue weighted by molar-refractivity contribution is -0.139. The van der Waals surface area contributed by atoms with Crippen LogP contribution in [0, 0.1) is 0 Å². The molecule has 9 heavy (non-hydrogen) atoms. The first-order chi connectivity index (χ1) is 4.30. The van der Waals surface area contributed by atoms with Crippen molar-refractivity contribution in [3.63, 3.8) is 0 Å². The van der Waals surface area contributed by atoms with Gasteiger partial charge in [-0.15, -0.1) is 0 Å². The second-order valence-corrected chi connectivity index (χ2v) is 2.01. The first kappa shape index (κ1) is 6.29. The Hall–Kier alpha value is -0.830. The number of carboxylic acid groups (broad SMARTS) is 1. The number of carboxylic acids is 1. The minimum atomic E-state index is -0.764. The summed E-state index contributed by atoms with van der Waals surface area (Å²) >= 11 is 0. The molecule has 0 aromatic carbocycles. The average molecular weight is 127 g/mol. The third kappa shape index (κ3) is 1.54. The Kier molecular flexibility index (Phi) is 1.85. The monoisotopic (exact) mass is 127 g/mol. The smallest absolute Gasteiger partial charge is 0.321 e. The van der Waals surface area contributed by atoms with E-state index in [9.17, 15) is 4.79 Å². The number of rotatable bonds is 1. The van der Waals surface area contributed by atoms with Gasteiger partial charge in [-0.3, -0.25) is 4.79 Å². The van der Waals surface area contributed by atoms with Gasteiger partial charge < -0.3 is 10.4 Å². The molecule has 3 heteroatoms.